The summed E-state index contributed by atoms with van der Waals surface area (Å²) in [6.45, 7) is 2.40. The molecule has 3 heteroatoms. The first-order chi connectivity index (χ1) is 9.70. The van der Waals surface area contributed by atoms with Gasteiger partial charge >= 0.3 is 0 Å². The van der Waals surface area contributed by atoms with Gasteiger partial charge in [-0.3, -0.25) is 4.79 Å². The monoisotopic (exact) mass is 272 g/mol. The first-order valence-electron chi connectivity index (χ1n) is 6.69. The minimum atomic E-state index is -0.159. The van der Waals surface area contributed by atoms with Gasteiger partial charge in [0.1, 0.15) is 5.75 Å². The molecule has 0 saturated heterocycles. The summed E-state index contributed by atoms with van der Waals surface area (Å²) in [6, 6.07) is 15.5. The lowest BCUT2D eigenvalue weighted by Crippen LogP contribution is -2.00. The Bertz CT molecular complexity index is 519. The van der Waals surface area contributed by atoms with E-state index in [0.717, 1.165) is 12.8 Å². The number of phenolic OH excluding ortho intramolecular Hbond substituents is 1. The number of aliphatic hydroxyl groups excluding tert-OH is 1. The third-order valence-electron chi connectivity index (χ3n) is 2.70. The van der Waals surface area contributed by atoms with Gasteiger partial charge in [-0.15, -0.1) is 0 Å². The molecule has 0 bridgehead atoms. The number of carbonyl (C=O) groups excluding carboxylic acids is 1. The van der Waals surface area contributed by atoms with Gasteiger partial charge in [0.25, 0.3) is 0 Å². The van der Waals surface area contributed by atoms with Gasteiger partial charge in [0.2, 0.25) is 0 Å². The molecule has 2 aromatic rings. The fraction of sp³-hybridized carbons (Fsp3) is 0.235. The van der Waals surface area contributed by atoms with E-state index in [-0.39, 0.29) is 11.5 Å². The molecule has 0 atom stereocenters. The van der Waals surface area contributed by atoms with Crippen LogP contribution < -0.4 is 0 Å². The summed E-state index contributed by atoms with van der Waals surface area (Å²) in [5.41, 5.74) is 0.919. The maximum atomic E-state index is 11.9. The molecule has 2 rings (SSSR count). The lowest BCUT2D eigenvalue weighted by molar-refractivity contribution is 0.103. The maximum Gasteiger partial charge on any atom is 0.196 e. The minimum absolute atomic E-state index is 0.0198. The number of carbonyl (C=O) groups is 1. The molecule has 0 amide bonds. The molecule has 0 fully saturated rings. The van der Waals surface area contributed by atoms with Crippen molar-refractivity contribution in [2.24, 2.45) is 0 Å². The van der Waals surface area contributed by atoms with Crippen LogP contribution in [0.5, 0.6) is 5.75 Å². The number of aromatic hydroxyl groups is 1. The third-order valence-corrected chi connectivity index (χ3v) is 2.70. The summed E-state index contributed by atoms with van der Waals surface area (Å²) < 4.78 is 0. The molecule has 2 aromatic carbocycles. The molecule has 0 unspecified atom stereocenters. The summed E-state index contributed by atoms with van der Waals surface area (Å²) in [6.07, 6.45) is 2.04. The lowest BCUT2D eigenvalue weighted by Gasteiger charge is -2.02. The van der Waals surface area contributed by atoms with E-state index in [1.165, 1.54) is 6.07 Å². The molecule has 0 aromatic heterocycles. The average Bonchev–Trinajstić information content (AvgIpc) is 2.49. The van der Waals surface area contributed by atoms with Gasteiger partial charge in [0.15, 0.2) is 5.78 Å². The fourth-order valence-corrected chi connectivity index (χ4v) is 1.57. The second-order valence-corrected chi connectivity index (χ2v) is 4.29. The smallest absolute Gasteiger partial charge is 0.196 e. The second-order valence-electron chi connectivity index (χ2n) is 4.29. The van der Waals surface area contributed by atoms with E-state index in [1.807, 2.05) is 6.07 Å². The SMILES string of the molecule is CCCCO.O=C(c1ccccc1)c1ccccc1O. The van der Waals surface area contributed by atoms with Crippen LogP contribution in [0.3, 0.4) is 0 Å². The molecule has 0 aliphatic heterocycles. The molecule has 0 aliphatic carbocycles. The number of para-hydroxylation sites is 1. The van der Waals surface area contributed by atoms with Crippen LogP contribution in [0, 0.1) is 0 Å². The zero-order chi connectivity index (χ0) is 14.8. The summed E-state index contributed by atoms with van der Waals surface area (Å²) in [4.78, 5) is 11.9. The predicted octanol–water partition coefficient (Wildman–Crippen LogP) is 3.40. The highest BCUT2D eigenvalue weighted by Crippen LogP contribution is 2.19. The van der Waals surface area contributed by atoms with Gasteiger partial charge in [-0.25, -0.2) is 0 Å². The number of aliphatic hydroxyl groups is 1. The van der Waals surface area contributed by atoms with E-state index in [4.69, 9.17) is 5.11 Å². The Hall–Kier alpha value is -2.13. The molecule has 0 saturated carbocycles. The number of phenols is 1. The van der Waals surface area contributed by atoms with E-state index >= 15 is 0 Å². The standard InChI is InChI=1S/C13H10O2.C4H10O/c14-12-9-5-4-8-11(12)13(15)10-6-2-1-3-7-10;1-2-3-4-5/h1-9,14H;5H,2-4H2,1H3. The maximum absolute atomic E-state index is 11.9. The van der Waals surface area contributed by atoms with Crippen LogP contribution in [0.4, 0.5) is 0 Å². The van der Waals surface area contributed by atoms with Gasteiger partial charge in [0.05, 0.1) is 5.56 Å². The number of rotatable bonds is 4. The first kappa shape index (κ1) is 15.9. The van der Waals surface area contributed by atoms with Crippen molar-refractivity contribution in [3.05, 3.63) is 65.7 Å². The minimum Gasteiger partial charge on any atom is -0.507 e. The van der Waals surface area contributed by atoms with Gasteiger partial charge < -0.3 is 10.2 Å². The zero-order valence-electron chi connectivity index (χ0n) is 11.6. The number of ketones is 1. The number of hydrogen-bond donors (Lipinski definition) is 2. The molecule has 20 heavy (non-hydrogen) atoms. The van der Waals surface area contributed by atoms with Crippen molar-refractivity contribution in [2.45, 2.75) is 19.8 Å². The van der Waals surface area contributed by atoms with Crippen LogP contribution >= 0.6 is 0 Å². The van der Waals surface area contributed by atoms with Gasteiger partial charge in [-0.2, -0.15) is 0 Å². The summed E-state index contributed by atoms with van der Waals surface area (Å²) in [7, 11) is 0. The Morgan fingerprint density at radius 3 is 2.10 bits per heavy atom. The first-order valence-corrected chi connectivity index (χ1v) is 6.69. The van der Waals surface area contributed by atoms with E-state index in [9.17, 15) is 9.90 Å². The predicted molar refractivity (Wildman–Crippen MR) is 80.0 cm³/mol. The Balaban J connectivity index is 0.000000347. The zero-order valence-corrected chi connectivity index (χ0v) is 11.6. The molecular formula is C17H20O3. The molecule has 0 aliphatic rings. The van der Waals surface area contributed by atoms with Crippen molar-refractivity contribution in [3.8, 4) is 5.75 Å². The number of unbranched alkanes of at least 4 members (excludes halogenated alkanes) is 1. The summed E-state index contributed by atoms with van der Waals surface area (Å²) in [5.74, 6) is -0.139. The summed E-state index contributed by atoms with van der Waals surface area (Å²) >= 11 is 0. The normalized spacial score (nSPS) is 9.50. The molecular weight excluding hydrogens is 252 g/mol. The van der Waals surface area contributed by atoms with Crippen LogP contribution in [0.2, 0.25) is 0 Å². The Morgan fingerprint density at radius 2 is 1.60 bits per heavy atom. The van der Waals surface area contributed by atoms with Gasteiger partial charge in [-0.05, 0) is 18.6 Å². The van der Waals surface area contributed by atoms with Crippen LogP contribution in [0.1, 0.15) is 35.7 Å². The Morgan fingerprint density at radius 1 is 1.00 bits per heavy atom. The topological polar surface area (TPSA) is 57.5 Å². The largest absolute Gasteiger partial charge is 0.507 e. The molecule has 0 heterocycles. The molecule has 2 N–H and O–H groups in total. The van der Waals surface area contributed by atoms with Crippen molar-refractivity contribution >= 4 is 5.78 Å². The van der Waals surface area contributed by atoms with E-state index in [0.29, 0.717) is 17.7 Å². The van der Waals surface area contributed by atoms with E-state index in [1.54, 1.807) is 42.5 Å². The van der Waals surface area contributed by atoms with Crippen molar-refractivity contribution in [1.82, 2.24) is 0 Å². The van der Waals surface area contributed by atoms with Gasteiger partial charge in [0, 0.05) is 12.2 Å². The van der Waals surface area contributed by atoms with E-state index in [2.05, 4.69) is 6.92 Å². The molecule has 106 valence electrons. The molecule has 0 radical (unpaired) electrons. The lowest BCUT2D eigenvalue weighted by atomic mass is 10.0. The second kappa shape index (κ2) is 8.88. The van der Waals surface area contributed by atoms with Crippen LogP contribution in [-0.2, 0) is 0 Å². The van der Waals surface area contributed by atoms with Crippen molar-refractivity contribution < 1.29 is 15.0 Å². The van der Waals surface area contributed by atoms with Crippen LogP contribution in [-0.4, -0.2) is 22.6 Å². The number of benzene rings is 2. The fourth-order valence-electron chi connectivity index (χ4n) is 1.57. The summed E-state index contributed by atoms with van der Waals surface area (Å²) in [5, 5.41) is 17.6. The average molecular weight is 272 g/mol. The molecule has 3 nitrogen and oxygen atoms in total. The van der Waals surface area contributed by atoms with Gasteiger partial charge in [-0.1, -0.05) is 55.8 Å². The van der Waals surface area contributed by atoms with Crippen LogP contribution in [0.15, 0.2) is 54.6 Å². The Kier molecular flexibility index (Phi) is 7.07. The highest BCUT2D eigenvalue weighted by Gasteiger charge is 2.11. The quantitative estimate of drug-likeness (QED) is 0.839. The van der Waals surface area contributed by atoms with Crippen molar-refractivity contribution in [3.63, 3.8) is 0 Å². The highest BCUT2D eigenvalue weighted by atomic mass is 16.3. The Labute approximate surface area is 119 Å². The van der Waals surface area contributed by atoms with Crippen LogP contribution in [0.25, 0.3) is 0 Å². The number of hydrogen-bond acceptors (Lipinski definition) is 3. The highest BCUT2D eigenvalue weighted by molar-refractivity contribution is 6.10. The van der Waals surface area contributed by atoms with Crippen molar-refractivity contribution in [1.29, 1.82) is 0 Å². The third kappa shape index (κ3) is 4.86. The molecule has 0 spiro atoms. The van der Waals surface area contributed by atoms with E-state index < -0.39 is 0 Å². The van der Waals surface area contributed by atoms with Crippen molar-refractivity contribution in [2.75, 3.05) is 6.61 Å².